The van der Waals surface area contributed by atoms with E-state index in [1.807, 2.05) is 35.3 Å². The Morgan fingerprint density at radius 3 is 3.06 bits per heavy atom. The molecule has 0 saturated carbocycles. The summed E-state index contributed by atoms with van der Waals surface area (Å²) in [5.74, 6) is 0. The average molecular weight is 295 g/mol. The van der Waals surface area contributed by atoms with Gasteiger partial charge in [-0.1, -0.05) is 18.7 Å². The van der Waals surface area contributed by atoms with Crippen LogP contribution in [0, 0.1) is 0 Å². The van der Waals surface area contributed by atoms with Crippen LogP contribution in [0.15, 0.2) is 52.6 Å². The van der Waals surface area contributed by atoms with E-state index in [0.29, 0.717) is 0 Å². The molecule has 0 saturated heterocycles. The first-order valence-electron chi connectivity index (χ1n) is 4.85. The Morgan fingerprint density at radius 2 is 2.38 bits per heavy atom. The van der Waals surface area contributed by atoms with Crippen LogP contribution in [-0.4, -0.2) is 8.96 Å². The van der Waals surface area contributed by atoms with E-state index in [4.69, 9.17) is 0 Å². The lowest BCUT2D eigenvalue weighted by molar-refractivity contribution is 1.26. The molecule has 0 amide bonds. The lowest BCUT2D eigenvalue weighted by atomic mass is 10.3. The predicted octanol–water partition coefficient (Wildman–Crippen LogP) is 4.38. The Balaban J connectivity index is 2.47. The molecule has 0 spiro atoms. The maximum Gasteiger partial charge on any atom is 0.151 e. The van der Waals surface area contributed by atoms with Gasteiger partial charge in [0.05, 0.1) is 0 Å². The number of pyridine rings is 1. The first-order valence-corrected chi connectivity index (χ1v) is 6.41. The van der Waals surface area contributed by atoms with Crippen molar-refractivity contribution in [2.45, 2.75) is 6.92 Å². The summed E-state index contributed by atoms with van der Waals surface area (Å²) in [6.07, 6.45) is 7.68. The summed E-state index contributed by atoms with van der Waals surface area (Å²) in [5.41, 5.74) is 0.959. The van der Waals surface area contributed by atoms with Crippen LogP contribution in [0.3, 0.4) is 0 Å². The van der Waals surface area contributed by atoms with Crippen molar-refractivity contribution in [3.8, 4) is 0 Å². The van der Waals surface area contributed by atoms with E-state index in [1.54, 1.807) is 18.1 Å². The molecule has 2 aromatic heterocycles. The molecule has 0 aliphatic carbocycles. The average Bonchev–Trinajstić information content (AvgIpc) is 2.71. The number of allylic oxidation sites excluding steroid dienone is 2. The van der Waals surface area contributed by atoms with Crippen molar-refractivity contribution < 1.29 is 0 Å². The monoisotopic (exact) mass is 294 g/mol. The summed E-state index contributed by atoms with van der Waals surface area (Å²) >= 11 is 5.12. The van der Waals surface area contributed by atoms with Gasteiger partial charge >= 0.3 is 0 Å². The Morgan fingerprint density at radius 1 is 1.56 bits per heavy atom. The highest BCUT2D eigenvalue weighted by molar-refractivity contribution is 9.10. The Kier molecular flexibility index (Phi) is 3.51. The molecule has 0 radical (unpaired) electrons. The molecule has 2 nitrogen and oxygen atoms in total. The summed E-state index contributed by atoms with van der Waals surface area (Å²) in [6.45, 7) is 5.78. The van der Waals surface area contributed by atoms with Crippen molar-refractivity contribution in [1.82, 2.24) is 8.96 Å². The third-order valence-electron chi connectivity index (χ3n) is 2.19. The molecular weight excluding hydrogens is 284 g/mol. The standard InChI is InChI=1S/C12H11BrN2S/c1-3-9(4-2)16-15-8-6-10-11(13)5-7-14-12(10)15/h3-8H,1H2,2H3/b9-4+. The highest BCUT2D eigenvalue weighted by Gasteiger charge is 2.06. The fourth-order valence-electron chi connectivity index (χ4n) is 1.38. The summed E-state index contributed by atoms with van der Waals surface area (Å²) in [7, 11) is 0. The van der Waals surface area contributed by atoms with E-state index < -0.39 is 0 Å². The predicted molar refractivity (Wildman–Crippen MR) is 74.4 cm³/mol. The van der Waals surface area contributed by atoms with E-state index >= 15 is 0 Å². The quantitative estimate of drug-likeness (QED) is 0.782. The van der Waals surface area contributed by atoms with Crippen LogP contribution in [-0.2, 0) is 0 Å². The van der Waals surface area contributed by atoms with Crippen LogP contribution < -0.4 is 0 Å². The third-order valence-corrected chi connectivity index (χ3v) is 3.99. The number of fused-ring (bicyclic) bond motifs is 1. The van der Waals surface area contributed by atoms with Crippen molar-refractivity contribution in [2.24, 2.45) is 0 Å². The Bertz CT molecular complexity index is 557. The van der Waals surface area contributed by atoms with Crippen LogP contribution in [0.25, 0.3) is 11.0 Å². The van der Waals surface area contributed by atoms with Gasteiger partial charge in [-0.05, 0) is 46.9 Å². The second-order valence-electron chi connectivity index (χ2n) is 3.16. The van der Waals surface area contributed by atoms with Crippen molar-refractivity contribution in [1.29, 1.82) is 0 Å². The minimum atomic E-state index is 0.959. The number of halogens is 1. The number of aromatic nitrogens is 2. The fourth-order valence-corrected chi connectivity index (χ4v) is 2.57. The third kappa shape index (κ3) is 2.08. The van der Waals surface area contributed by atoms with E-state index in [9.17, 15) is 0 Å². The minimum Gasteiger partial charge on any atom is -0.271 e. The Hall–Kier alpha value is -1.00. The summed E-state index contributed by atoms with van der Waals surface area (Å²) < 4.78 is 3.11. The van der Waals surface area contributed by atoms with Gasteiger partial charge in [-0.2, -0.15) is 0 Å². The molecule has 2 aromatic rings. The van der Waals surface area contributed by atoms with Gasteiger partial charge < -0.3 is 0 Å². The minimum absolute atomic E-state index is 0.959. The van der Waals surface area contributed by atoms with E-state index in [0.717, 1.165) is 20.4 Å². The smallest absolute Gasteiger partial charge is 0.151 e. The van der Waals surface area contributed by atoms with E-state index in [-0.39, 0.29) is 0 Å². The van der Waals surface area contributed by atoms with E-state index in [1.165, 1.54) is 0 Å². The Labute approximate surface area is 107 Å². The second-order valence-corrected chi connectivity index (χ2v) is 5.06. The van der Waals surface area contributed by atoms with Crippen LogP contribution in [0.1, 0.15) is 6.92 Å². The summed E-state index contributed by atoms with van der Waals surface area (Å²) in [5, 5.41) is 1.12. The molecule has 0 aliphatic rings. The molecule has 0 bridgehead atoms. The SMILES string of the molecule is C=C/C(=C\C)Sn1ccc2c(Br)ccnc21. The van der Waals surface area contributed by atoms with Gasteiger partial charge in [-0.3, -0.25) is 3.97 Å². The van der Waals surface area contributed by atoms with Crippen molar-refractivity contribution in [3.05, 3.63) is 52.6 Å². The van der Waals surface area contributed by atoms with E-state index in [2.05, 4.69) is 33.6 Å². The van der Waals surface area contributed by atoms with Crippen LogP contribution >= 0.6 is 27.9 Å². The van der Waals surface area contributed by atoms with Gasteiger partial charge in [-0.25, -0.2) is 4.98 Å². The zero-order valence-electron chi connectivity index (χ0n) is 8.85. The van der Waals surface area contributed by atoms with Gasteiger partial charge in [0.1, 0.15) is 0 Å². The van der Waals surface area contributed by atoms with Gasteiger partial charge in [0.2, 0.25) is 0 Å². The molecule has 0 unspecified atom stereocenters. The number of rotatable bonds is 3. The van der Waals surface area contributed by atoms with Gasteiger partial charge in [-0.15, -0.1) is 0 Å². The topological polar surface area (TPSA) is 17.8 Å². The number of hydrogen-bond acceptors (Lipinski definition) is 2. The summed E-state index contributed by atoms with van der Waals surface area (Å²) in [4.78, 5) is 5.48. The molecule has 0 N–H and O–H groups in total. The molecular formula is C12H11BrN2S. The van der Waals surface area contributed by atoms with Gasteiger partial charge in [0.15, 0.2) is 5.65 Å². The molecule has 2 heterocycles. The maximum atomic E-state index is 4.37. The zero-order valence-corrected chi connectivity index (χ0v) is 11.3. The number of nitrogens with zero attached hydrogens (tertiary/aromatic N) is 2. The fraction of sp³-hybridized carbons (Fsp3) is 0.0833. The molecule has 0 atom stereocenters. The van der Waals surface area contributed by atoms with Crippen molar-refractivity contribution in [2.75, 3.05) is 0 Å². The first kappa shape index (κ1) is 11.5. The largest absolute Gasteiger partial charge is 0.271 e. The number of hydrogen-bond donors (Lipinski definition) is 0. The molecule has 2 rings (SSSR count). The lowest BCUT2D eigenvalue weighted by Crippen LogP contribution is -1.87. The highest BCUT2D eigenvalue weighted by Crippen LogP contribution is 2.28. The summed E-state index contributed by atoms with van der Waals surface area (Å²) in [6, 6.07) is 4.00. The second kappa shape index (κ2) is 4.89. The van der Waals surface area contributed by atoms with Crippen molar-refractivity contribution in [3.63, 3.8) is 0 Å². The van der Waals surface area contributed by atoms with Crippen molar-refractivity contribution >= 4 is 38.9 Å². The molecule has 4 heteroatoms. The maximum absolute atomic E-state index is 4.37. The lowest BCUT2D eigenvalue weighted by Gasteiger charge is -2.03. The van der Waals surface area contributed by atoms with Crippen LogP contribution in [0.2, 0.25) is 0 Å². The molecule has 0 aliphatic heterocycles. The van der Waals surface area contributed by atoms with Crippen LogP contribution in [0.4, 0.5) is 0 Å². The first-order chi connectivity index (χ1) is 7.76. The van der Waals surface area contributed by atoms with Crippen LogP contribution in [0.5, 0.6) is 0 Å². The normalized spacial score (nSPS) is 12.0. The molecule has 0 fully saturated rings. The highest BCUT2D eigenvalue weighted by atomic mass is 79.9. The zero-order chi connectivity index (χ0) is 11.5. The molecule has 16 heavy (non-hydrogen) atoms. The van der Waals surface area contributed by atoms with Gasteiger partial charge in [0.25, 0.3) is 0 Å². The molecule has 82 valence electrons. The molecule has 0 aromatic carbocycles. The van der Waals surface area contributed by atoms with Gasteiger partial charge in [0, 0.05) is 27.2 Å².